The highest BCUT2D eigenvalue weighted by molar-refractivity contribution is 6.03. The van der Waals surface area contributed by atoms with Crippen LogP contribution in [-0.2, 0) is 0 Å². The van der Waals surface area contributed by atoms with Crippen molar-refractivity contribution in [2.75, 3.05) is 24.9 Å². The molecule has 0 aliphatic heterocycles. The van der Waals surface area contributed by atoms with Gasteiger partial charge in [-0.1, -0.05) is 12.1 Å². The lowest BCUT2D eigenvalue weighted by Crippen LogP contribution is -2.14. The molecule has 3 rings (SSSR count). The molecule has 0 spiro atoms. The topological polar surface area (TPSA) is 85.4 Å². The van der Waals surface area contributed by atoms with E-state index in [1.807, 2.05) is 0 Å². The highest BCUT2D eigenvalue weighted by Crippen LogP contribution is 2.30. The first-order valence-electron chi connectivity index (χ1n) is 7.97. The predicted molar refractivity (Wildman–Crippen MR) is 99.2 cm³/mol. The van der Waals surface area contributed by atoms with Crippen LogP contribution in [0.4, 0.5) is 21.6 Å². The van der Waals surface area contributed by atoms with Crippen molar-refractivity contribution in [1.82, 2.24) is 9.97 Å². The summed E-state index contributed by atoms with van der Waals surface area (Å²) >= 11 is 0. The second kappa shape index (κ2) is 8.13. The Hall–Kier alpha value is -3.68. The zero-order valence-electron chi connectivity index (χ0n) is 14.7. The molecule has 0 bridgehead atoms. The molecule has 1 heterocycles. The van der Waals surface area contributed by atoms with Gasteiger partial charge in [-0.15, -0.1) is 0 Å². The number of benzene rings is 2. The summed E-state index contributed by atoms with van der Waals surface area (Å²) in [6, 6.07) is 12.6. The molecule has 0 radical (unpaired) electrons. The van der Waals surface area contributed by atoms with Gasteiger partial charge in [-0.3, -0.25) is 4.79 Å². The van der Waals surface area contributed by atoms with Gasteiger partial charge in [-0.05, 0) is 24.3 Å². The van der Waals surface area contributed by atoms with E-state index in [4.69, 9.17) is 9.47 Å². The number of carbonyl (C=O) groups is 1. The van der Waals surface area contributed by atoms with Crippen molar-refractivity contribution in [2.24, 2.45) is 0 Å². The molecule has 0 aliphatic carbocycles. The summed E-state index contributed by atoms with van der Waals surface area (Å²) in [4.78, 5) is 20.4. The van der Waals surface area contributed by atoms with Crippen LogP contribution >= 0.6 is 0 Å². The molecule has 138 valence electrons. The summed E-state index contributed by atoms with van der Waals surface area (Å²) in [5.41, 5.74) is 0.890. The number of ether oxygens (including phenoxy) is 2. The van der Waals surface area contributed by atoms with E-state index in [1.54, 1.807) is 36.4 Å². The number of hydrogen-bond acceptors (Lipinski definition) is 6. The van der Waals surface area contributed by atoms with Gasteiger partial charge in [0, 0.05) is 17.8 Å². The number of amides is 1. The Morgan fingerprint density at radius 2 is 1.78 bits per heavy atom. The molecule has 1 amide bonds. The first-order chi connectivity index (χ1) is 13.1. The maximum atomic E-state index is 13.7. The Morgan fingerprint density at radius 3 is 2.52 bits per heavy atom. The number of aromatic nitrogens is 2. The molecule has 1 aromatic heterocycles. The summed E-state index contributed by atoms with van der Waals surface area (Å²) in [5.74, 6) is 0.468. The number of rotatable bonds is 6. The van der Waals surface area contributed by atoms with Crippen molar-refractivity contribution in [3.63, 3.8) is 0 Å². The van der Waals surface area contributed by atoms with E-state index in [2.05, 4.69) is 20.6 Å². The minimum atomic E-state index is -0.443. The molecule has 3 aromatic rings. The Kier molecular flexibility index (Phi) is 5.46. The molecule has 7 nitrogen and oxygen atoms in total. The minimum absolute atomic E-state index is 0.124. The second-order valence-corrected chi connectivity index (χ2v) is 5.42. The van der Waals surface area contributed by atoms with Crippen molar-refractivity contribution in [3.8, 4) is 11.5 Å². The largest absolute Gasteiger partial charge is 0.493 e. The third-order valence-electron chi connectivity index (χ3n) is 3.68. The summed E-state index contributed by atoms with van der Waals surface area (Å²) in [5, 5.41) is 5.54. The summed E-state index contributed by atoms with van der Waals surface area (Å²) in [7, 11) is 3.04. The molecular formula is C19H17FN4O3. The third-order valence-corrected chi connectivity index (χ3v) is 3.68. The fraction of sp³-hybridized carbons (Fsp3) is 0.105. The fourth-order valence-electron chi connectivity index (χ4n) is 2.36. The molecule has 0 saturated carbocycles. The van der Waals surface area contributed by atoms with Crippen LogP contribution in [0.1, 0.15) is 10.5 Å². The van der Waals surface area contributed by atoms with Crippen molar-refractivity contribution < 1.29 is 18.7 Å². The van der Waals surface area contributed by atoms with Gasteiger partial charge in [-0.25, -0.2) is 14.4 Å². The number of carbonyl (C=O) groups excluding carboxylic acids is 1. The second-order valence-electron chi connectivity index (χ2n) is 5.42. The van der Waals surface area contributed by atoms with Crippen LogP contribution in [0.3, 0.4) is 0 Å². The Morgan fingerprint density at radius 1 is 1.00 bits per heavy atom. The third kappa shape index (κ3) is 4.30. The van der Waals surface area contributed by atoms with Gasteiger partial charge in [0.1, 0.15) is 23.7 Å². The monoisotopic (exact) mass is 368 g/mol. The van der Waals surface area contributed by atoms with Gasteiger partial charge < -0.3 is 20.1 Å². The van der Waals surface area contributed by atoms with E-state index in [1.165, 1.54) is 32.7 Å². The first kappa shape index (κ1) is 18.1. The number of methoxy groups -OCH3 is 2. The molecule has 0 atom stereocenters. The normalized spacial score (nSPS) is 10.2. The van der Waals surface area contributed by atoms with Crippen molar-refractivity contribution in [2.45, 2.75) is 0 Å². The van der Waals surface area contributed by atoms with Gasteiger partial charge in [-0.2, -0.15) is 0 Å². The van der Waals surface area contributed by atoms with Crippen LogP contribution in [0.15, 0.2) is 54.9 Å². The van der Waals surface area contributed by atoms with E-state index >= 15 is 0 Å². The number of nitrogens with one attached hydrogen (secondary N) is 2. The maximum absolute atomic E-state index is 13.7. The zero-order valence-corrected chi connectivity index (χ0v) is 14.7. The number of nitrogens with zero attached hydrogens (tertiary/aromatic N) is 2. The van der Waals surface area contributed by atoms with Crippen molar-refractivity contribution in [1.29, 1.82) is 0 Å². The molecule has 8 heteroatoms. The van der Waals surface area contributed by atoms with Gasteiger partial charge in [0.25, 0.3) is 5.91 Å². The van der Waals surface area contributed by atoms with Gasteiger partial charge >= 0.3 is 0 Å². The average Bonchev–Trinajstić information content (AvgIpc) is 2.70. The lowest BCUT2D eigenvalue weighted by atomic mass is 10.2. The van der Waals surface area contributed by atoms with Crippen LogP contribution in [0.2, 0.25) is 0 Å². The summed E-state index contributed by atoms with van der Waals surface area (Å²) < 4.78 is 24.1. The number of anilines is 3. The molecule has 2 aromatic carbocycles. The van der Waals surface area contributed by atoms with Crippen molar-refractivity contribution in [3.05, 3.63) is 66.4 Å². The molecule has 27 heavy (non-hydrogen) atoms. The highest BCUT2D eigenvalue weighted by Gasteiger charge is 2.12. The first-order valence-corrected chi connectivity index (χ1v) is 7.97. The van der Waals surface area contributed by atoms with E-state index in [-0.39, 0.29) is 11.4 Å². The van der Waals surface area contributed by atoms with Gasteiger partial charge in [0.05, 0.1) is 19.9 Å². The molecule has 0 fully saturated rings. The van der Waals surface area contributed by atoms with E-state index in [0.29, 0.717) is 23.0 Å². The molecule has 0 aliphatic rings. The Bertz CT molecular complexity index is 965. The Balaban J connectivity index is 1.77. The standard InChI is InChI=1S/C19H17FN4O3/c1-26-16-8-7-12(9-17(16)27-2)23-19(25)15-10-18(22-11-21-15)24-14-6-4-3-5-13(14)20/h3-11H,1-2H3,(H,23,25)(H,21,22,24). The SMILES string of the molecule is COc1ccc(NC(=O)c2cc(Nc3ccccc3F)ncn2)cc1OC. The maximum Gasteiger partial charge on any atom is 0.274 e. The zero-order chi connectivity index (χ0) is 19.2. The average molecular weight is 368 g/mol. The van der Waals surface area contributed by atoms with E-state index in [9.17, 15) is 9.18 Å². The van der Waals surface area contributed by atoms with Crippen LogP contribution in [0.5, 0.6) is 11.5 Å². The Labute approximate surface area is 155 Å². The van der Waals surface area contributed by atoms with Crippen LogP contribution in [-0.4, -0.2) is 30.1 Å². The molecule has 2 N–H and O–H groups in total. The van der Waals surface area contributed by atoms with Gasteiger partial charge in [0.15, 0.2) is 11.5 Å². The van der Waals surface area contributed by atoms with Gasteiger partial charge in [0.2, 0.25) is 0 Å². The van der Waals surface area contributed by atoms with Crippen LogP contribution < -0.4 is 20.1 Å². The lowest BCUT2D eigenvalue weighted by Gasteiger charge is -2.11. The van der Waals surface area contributed by atoms with Crippen LogP contribution in [0.25, 0.3) is 0 Å². The molecular weight excluding hydrogens is 351 g/mol. The quantitative estimate of drug-likeness (QED) is 0.691. The summed E-state index contributed by atoms with van der Waals surface area (Å²) in [6.45, 7) is 0. The van der Waals surface area contributed by atoms with E-state index in [0.717, 1.165) is 0 Å². The number of para-hydroxylation sites is 1. The molecule has 0 saturated heterocycles. The summed E-state index contributed by atoms with van der Waals surface area (Å²) in [6.07, 6.45) is 1.23. The highest BCUT2D eigenvalue weighted by atomic mass is 19.1. The lowest BCUT2D eigenvalue weighted by molar-refractivity contribution is 0.102. The predicted octanol–water partition coefficient (Wildman–Crippen LogP) is 3.63. The number of halogens is 1. The smallest absolute Gasteiger partial charge is 0.274 e. The van der Waals surface area contributed by atoms with Crippen LogP contribution in [0, 0.1) is 5.82 Å². The molecule has 0 unspecified atom stereocenters. The fourth-order valence-corrected chi connectivity index (χ4v) is 2.36. The number of hydrogen-bond donors (Lipinski definition) is 2. The van der Waals surface area contributed by atoms with E-state index < -0.39 is 11.7 Å². The van der Waals surface area contributed by atoms with Crippen molar-refractivity contribution >= 4 is 23.1 Å². The minimum Gasteiger partial charge on any atom is -0.493 e.